The van der Waals surface area contributed by atoms with E-state index in [4.69, 9.17) is 14.5 Å². The molecule has 3 aliphatic rings. The first kappa shape index (κ1) is 17.2. The van der Waals surface area contributed by atoms with E-state index in [1.807, 2.05) is 16.9 Å². The second-order valence-electron chi connectivity index (χ2n) is 8.21. The summed E-state index contributed by atoms with van der Waals surface area (Å²) in [6.45, 7) is 6.32. The molecule has 0 spiro atoms. The third-order valence-electron chi connectivity index (χ3n) is 6.25. The van der Waals surface area contributed by atoms with Gasteiger partial charge in [0, 0.05) is 44.0 Å². The van der Waals surface area contributed by atoms with Crippen LogP contribution in [0.2, 0.25) is 0 Å². The molecule has 3 atom stereocenters. The van der Waals surface area contributed by atoms with Crippen LogP contribution in [0.25, 0.3) is 16.9 Å². The molecule has 6 rings (SSSR count). The van der Waals surface area contributed by atoms with E-state index >= 15 is 0 Å². The summed E-state index contributed by atoms with van der Waals surface area (Å²) in [7, 11) is 0. The Morgan fingerprint density at radius 2 is 2.03 bits per heavy atom. The minimum Gasteiger partial charge on any atom is -0.377 e. The first-order chi connectivity index (χ1) is 14.3. The average molecular weight is 395 g/mol. The molecule has 3 unspecified atom stereocenters. The quantitative estimate of drug-likeness (QED) is 0.723. The molecule has 3 fully saturated rings. The zero-order chi connectivity index (χ0) is 19.4. The summed E-state index contributed by atoms with van der Waals surface area (Å²) in [4.78, 5) is 9.85. The SMILES string of the molecule is CC1COCCN1c1cc(N2CC3CCC(C2)O3)nc2c1cnn2-c1cc[nH]n1. The van der Waals surface area contributed by atoms with E-state index in [9.17, 15) is 0 Å². The van der Waals surface area contributed by atoms with Crippen molar-refractivity contribution in [3.63, 3.8) is 0 Å². The molecule has 29 heavy (non-hydrogen) atoms. The third kappa shape index (κ3) is 2.87. The predicted molar refractivity (Wildman–Crippen MR) is 109 cm³/mol. The van der Waals surface area contributed by atoms with Gasteiger partial charge in [-0.05, 0) is 19.8 Å². The van der Waals surface area contributed by atoms with Crippen LogP contribution in [-0.2, 0) is 9.47 Å². The molecule has 3 saturated heterocycles. The Hall–Kier alpha value is -2.65. The molecule has 2 bridgehead atoms. The van der Waals surface area contributed by atoms with Crippen molar-refractivity contribution in [1.29, 1.82) is 0 Å². The lowest BCUT2D eigenvalue weighted by atomic mass is 10.1. The van der Waals surface area contributed by atoms with Crippen molar-refractivity contribution in [1.82, 2.24) is 25.0 Å². The fourth-order valence-corrected chi connectivity index (χ4v) is 4.80. The summed E-state index contributed by atoms with van der Waals surface area (Å²) in [5.41, 5.74) is 2.00. The number of nitrogens with one attached hydrogen (secondary N) is 1. The number of rotatable bonds is 3. The number of hydrogen-bond acceptors (Lipinski definition) is 7. The van der Waals surface area contributed by atoms with Gasteiger partial charge in [-0.1, -0.05) is 0 Å². The van der Waals surface area contributed by atoms with Crippen LogP contribution >= 0.6 is 0 Å². The molecule has 152 valence electrons. The van der Waals surface area contributed by atoms with Crippen LogP contribution in [0.4, 0.5) is 11.5 Å². The number of morpholine rings is 2. The van der Waals surface area contributed by atoms with Gasteiger partial charge in [0.25, 0.3) is 0 Å². The Morgan fingerprint density at radius 3 is 2.79 bits per heavy atom. The predicted octanol–water partition coefficient (Wildman–Crippen LogP) is 1.74. The molecule has 3 aliphatic heterocycles. The molecular weight excluding hydrogens is 370 g/mol. The fourth-order valence-electron chi connectivity index (χ4n) is 4.80. The minimum atomic E-state index is 0.303. The summed E-state index contributed by atoms with van der Waals surface area (Å²) in [5.74, 6) is 1.73. The zero-order valence-electron chi connectivity index (χ0n) is 16.5. The topological polar surface area (TPSA) is 84.3 Å². The lowest BCUT2D eigenvalue weighted by Crippen LogP contribution is -2.45. The number of pyridine rings is 1. The normalized spacial score (nSPS) is 27.1. The summed E-state index contributed by atoms with van der Waals surface area (Å²) >= 11 is 0. The van der Waals surface area contributed by atoms with Gasteiger partial charge < -0.3 is 19.3 Å². The molecule has 0 amide bonds. The Balaban J connectivity index is 1.50. The molecule has 9 nitrogen and oxygen atoms in total. The van der Waals surface area contributed by atoms with Crippen molar-refractivity contribution < 1.29 is 9.47 Å². The molecular formula is C20H25N7O2. The summed E-state index contributed by atoms with van der Waals surface area (Å²) < 4.78 is 13.5. The molecule has 0 saturated carbocycles. The number of anilines is 2. The van der Waals surface area contributed by atoms with E-state index < -0.39 is 0 Å². The highest BCUT2D eigenvalue weighted by atomic mass is 16.5. The second-order valence-corrected chi connectivity index (χ2v) is 8.21. The highest BCUT2D eigenvalue weighted by molar-refractivity contribution is 5.92. The van der Waals surface area contributed by atoms with Crippen LogP contribution in [0, 0.1) is 0 Å². The number of hydrogen-bond donors (Lipinski definition) is 1. The lowest BCUT2D eigenvalue weighted by Gasteiger charge is -2.37. The third-order valence-corrected chi connectivity index (χ3v) is 6.25. The Kier molecular flexibility index (Phi) is 3.98. The number of ether oxygens (including phenoxy) is 2. The molecule has 3 aromatic rings. The van der Waals surface area contributed by atoms with Gasteiger partial charge >= 0.3 is 0 Å². The highest BCUT2D eigenvalue weighted by Gasteiger charge is 2.35. The fraction of sp³-hybridized carbons (Fsp3) is 0.550. The van der Waals surface area contributed by atoms with E-state index in [1.165, 1.54) is 5.69 Å². The van der Waals surface area contributed by atoms with Gasteiger partial charge in [0.15, 0.2) is 11.5 Å². The molecule has 3 aromatic heterocycles. The van der Waals surface area contributed by atoms with Gasteiger partial charge in [-0.15, -0.1) is 0 Å². The number of aromatic nitrogens is 5. The molecule has 9 heteroatoms. The Bertz CT molecular complexity index is 1010. The van der Waals surface area contributed by atoms with Gasteiger partial charge in [0.2, 0.25) is 0 Å². The van der Waals surface area contributed by atoms with E-state index in [0.29, 0.717) is 18.2 Å². The molecule has 0 aliphatic carbocycles. The molecule has 6 heterocycles. The second kappa shape index (κ2) is 6.70. The highest BCUT2D eigenvalue weighted by Crippen LogP contribution is 2.35. The van der Waals surface area contributed by atoms with Crippen molar-refractivity contribution in [2.24, 2.45) is 0 Å². The van der Waals surface area contributed by atoms with Gasteiger partial charge in [0.1, 0.15) is 5.82 Å². The monoisotopic (exact) mass is 395 g/mol. The number of H-pyrrole nitrogens is 1. The molecule has 0 radical (unpaired) electrons. The summed E-state index contributed by atoms with van der Waals surface area (Å²) in [6.07, 6.45) is 6.62. The van der Waals surface area contributed by atoms with Crippen molar-refractivity contribution >= 4 is 22.5 Å². The summed E-state index contributed by atoms with van der Waals surface area (Å²) in [5, 5.41) is 12.8. The average Bonchev–Trinajstić information content (AvgIpc) is 3.47. The molecule has 1 N–H and O–H groups in total. The smallest absolute Gasteiger partial charge is 0.177 e. The maximum Gasteiger partial charge on any atom is 0.177 e. The number of aromatic amines is 1. The number of nitrogens with zero attached hydrogens (tertiary/aromatic N) is 6. The number of fused-ring (bicyclic) bond motifs is 3. The van der Waals surface area contributed by atoms with Crippen molar-refractivity contribution in [3.05, 3.63) is 24.5 Å². The molecule has 0 aromatic carbocycles. The lowest BCUT2D eigenvalue weighted by molar-refractivity contribution is 0.0302. The van der Waals surface area contributed by atoms with Crippen LogP contribution in [-0.4, -0.2) is 76.1 Å². The van der Waals surface area contributed by atoms with E-state index in [1.54, 1.807) is 6.20 Å². The first-order valence-corrected chi connectivity index (χ1v) is 10.4. The van der Waals surface area contributed by atoms with Crippen LogP contribution in [0.5, 0.6) is 0 Å². The van der Waals surface area contributed by atoms with Gasteiger partial charge in [-0.2, -0.15) is 14.9 Å². The van der Waals surface area contributed by atoms with E-state index in [-0.39, 0.29) is 0 Å². The largest absolute Gasteiger partial charge is 0.377 e. The van der Waals surface area contributed by atoms with Gasteiger partial charge in [-0.3, -0.25) is 5.10 Å². The van der Waals surface area contributed by atoms with Crippen molar-refractivity contribution in [2.45, 2.75) is 38.0 Å². The minimum absolute atomic E-state index is 0.303. The summed E-state index contributed by atoms with van der Waals surface area (Å²) in [6, 6.07) is 4.44. The van der Waals surface area contributed by atoms with Crippen LogP contribution in [0.1, 0.15) is 19.8 Å². The first-order valence-electron chi connectivity index (χ1n) is 10.4. The van der Waals surface area contributed by atoms with Crippen LogP contribution in [0.15, 0.2) is 24.5 Å². The Morgan fingerprint density at radius 1 is 1.17 bits per heavy atom. The van der Waals surface area contributed by atoms with Crippen molar-refractivity contribution in [3.8, 4) is 5.82 Å². The van der Waals surface area contributed by atoms with Crippen molar-refractivity contribution in [2.75, 3.05) is 42.6 Å². The van der Waals surface area contributed by atoms with Gasteiger partial charge in [-0.25, -0.2) is 4.98 Å². The van der Waals surface area contributed by atoms with Crippen LogP contribution < -0.4 is 9.80 Å². The zero-order valence-corrected chi connectivity index (χ0v) is 16.5. The maximum atomic E-state index is 6.04. The Labute approximate surface area is 168 Å². The van der Waals surface area contributed by atoms with Crippen LogP contribution in [0.3, 0.4) is 0 Å². The maximum absolute atomic E-state index is 6.04. The van der Waals surface area contributed by atoms with E-state index in [2.05, 4.69) is 38.1 Å². The van der Waals surface area contributed by atoms with E-state index in [0.717, 1.165) is 68.4 Å². The van der Waals surface area contributed by atoms with Gasteiger partial charge in [0.05, 0.1) is 42.7 Å². The standard InChI is InChI=1S/C20H25N7O2/c1-13-12-28-7-6-26(13)17-8-19(25-10-14-2-3-15(11-25)29-14)23-20-16(17)9-22-27(20)18-4-5-21-24-18/h4-5,8-9,13-15H,2-3,6-7,10-12H2,1H3,(H,21,24).